The van der Waals surface area contributed by atoms with Gasteiger partial charge in [-0.3, -0.25) is 5.32 Å². The van der Waals surface area contributed by atoms with Crippen molar-refractivity contribution in [3.05, 3.63) is 64.0 Å². The van der Waals surface area contributed by atoms with Crippen LogP contribution in [0, 0.1) is 12.3 Å². The highest BCUT2D eigenvalue weighted by atomic mass is 32.2. The second-order valence-electron chi connectivity index (χ2n) is 8.39. The molecule has 1 aromatic heterocycles. The van der Waals surface area contributed by atoms with E-state index in [1.54, 1.807) is 5.38 Å². The number of nitrogens with zero attached hydrogens (tertiary/aromatic N) is 1. The number of thiazole rings is 1. The number of carbonyl (C=O) groups is 1. The Kier molecular flexibility index (Phi) is 6.88. The lowest BCUT2D eigenvalue weighted by Gasteiger charge is -2.31. The van der Waals surface area contributed by atoms with E-state index in [4.69, 9.17) is 11.2 Å². The summed E-state index contributed by atoms with van der Waals surface area (Å²) >= 11 is 3.13. The number of ether oxygens (including phenoxy) is 1. The number of anilines is 1. The molecule has 2 aromatic carbocycles. The second-order valence-corrected chi connectivity index (χ2v) is 10.5. The van der Waals surface area contributed by atoms with E-state index >= 15 is 0 Å². The van der Waals surface area contributed by atoms with Crippen molar-refractivity contribution >= 4 is 34.9 Å². The van der Waals surface area contributed by atoms with Gasteiger partial charge in [0.15, 0.2) is 5.01 Å². The molecule has 0 spiro atoms. The molecule has 34 heavy (non-hydrogen) atoms. The number of hydrogen-bond acceptors (Lipinski definition) is 6. The van der Waals surface area contributed by atoms with Crippen molar-refractivity contribution in [2.75, 3.05) is 11.9 Å². The van der Waals surface area contributed by atoms with E-state index in [0.29, 0.717) is 17.4 Å². The van der Waals surface area contributed by atoms with Crippen LogP contribution in [0.15, 0.2) is 52.7 Å². The third-order valence-electron chi connectivity index (χ3n) is 6.07. The molecule has 8 heteroatoms. The number of hydrogen-bond donors (Lipinski definition) is 3. The Labute approximate surface area is 207 Å². The fourth-order valence-corrected chi connectivity index (χ4v) is 6.52. The standard InChI is InChI=1S/C26H25N3O3S2/c1-2-23-28-22(15-33-23)29-26(31)27-14-16-8-10-17(11-9-16)19-6-3-5-18-13-21(34-25(18)19)24-20(30)7-4-12-32-24/h1,3,5-6,8-11,15,20-21,24,30H,4,7,12-14H2,(H2,27,29,31). The van der Waals surface area contributed by atoms with E-state index in [2.05, 4.69) is 51.9 Å². The summed E-state index contributed by atoms with van der Waals surface area (Å²) in [5, 5.41) is 18.4. The van der Waals surface area contributed by atoms with Crippen LogP contribution in [0.5, 0.6) is 0 Å². The molecule has 1 fully saturated rings. The maximum atomic E-state index is 12.1. The zero-order valence-electron chi connectivity index (χ0n) is 18.5. The summed E-state index contributed by atoms with van der Waals surface area (Å²) in [6.07, 6.45) is 7.46. The third-order valence-corrected chi connectivity index (χ3v) is 8.30. The fourth-order valence-electron chi connectivity index (χ4n) is 4.39. The molecule has 3 unspecified atom stereocenters. The molecule has 3 N–H and O–H groups in total. The van der Waals surface area contributed by atoms with Crippen LogP contribution in [0.2, 0.25) is 0 Å². The van der Waals surface area contributed by atoms with Crippen molar-refractivity contribution < 1.29 is 14.6 Å². The van der Waals surface area contributed by atoms with E-state index in [0.717, 1.165) is 37.0 Å². The lowest BCUT2D eigenvalue weighted by atomic mass is 9.96. The summed E-state index contributed by atoms with van der Waals surface area (Å²) in [6, 6.07) is 14.3. The quantitative estimate of drug-likeness (QED) is 0.452. The Balaban J connectivity index is 1.22. The van der Waals surface area contributed by atoms with Crippen molar-refractivity contribution in [1.82, 2.24) is 10.3 Å². The molecular formula is C26H25N3O3S2. The number of thioether (sulfide) groups is 1. The number of fused-ring (bicyclic) bond motifs is 1. The lowest BCUT2D eigenvalue weighted by Crippen LogP contribution is -2.41. The molecule has 1 saturated heterocycles. The maximum absolute atomic E-state index is 12.1. The van der Waals surface area contributed by atoms with Crippen molar-refractivity contribution in [3.8, 4) is 23.5 Å². The molecule has 0 aliphatic carbocycles. The molecule has 174 valence electrons. The summed E-state index contributed by atoms with van der Waals surface area (Å²) in [6.45, 7) is 1.13. The predicted octanol–water partition coefficient (Wildman–Crippen LogP) is 4.67. The zero-order valence-corrected chi connectivity index (χ0v) is 20.1. The number of aliphatic hydroxyl groups excluding tert-OH is 1. The van der Waals surface area contributed by atoms with E-state index in [1.165, 1.54) is 27.4 Å². The number of nitrogens with one attached hydrogen (secondary N) is 2. The molecule has 3 heterocycles. The third kappa shape index (κ3) is 4.98. The molecule has 2 aliphatic rings. The van der Waals surface area contributed by atoms with E-state index in [1.807, 2.05) is 23.9 Å². The number of amides is 2. The van der Waals surface area contributed by atoms with Gasteiger partial charge in [0, 0.05) is 28.7 Å². The number of aliphatic hydroxyl groups is 1. The average Bonchev–Trinajstić information content (AvgIpc) is 3.50. The van der Waals surface area contributed by atoms with Gasteiger partial charge in [0.25, 0.3) is 0 Å². The molecule has 3 aromatic rings. The number of aromatic nitrogens is 1. The number of benzene rings is 2. The molecule has 5 rings (SSSR count). The molecule has 2 amide bonds. The topological polar surface area (TPSA) is 83.5 Å². The molecule has 0 bridgehead atoms. The normalized spacial score (nSPS) is 21.5. The Morgan fingerprint density at radius 3 is 2.88 bits per heavy atom. The number of carbonyl (C=O) groups excluding carboxylic acids is 1. The summed E-state index contributed by atoms with van der Waals surface area (Å²) in [7, 11) is 0. The average molecular weight is 492 g/mol. The Morgan fingerprint density at radius 2 is 2.12 bits per heavy atom. The van der Waals surface area contributed by atoms with Gasteiger partial charge in [0.1, 0.15) is 5.82 Å². The SMILES string of the molecule is C#Cc1nc(NC(=O)NCc2ccc(-c3cccc4c3SC(C3OCCCC3O)C4)cc2)cs1. The van der Waals surface area contributed by atoms with Gasteiger partial charge >= 0.3 is 6.03 Å². The largest absolute Gasteiger partial charge is 0.390 e. The first-order valence-electron chi connectivity index (χ1n) is 11.3. The first-order chi connectivity index (χ1) is 16.6. The van der Waals surface area contributed by atoms with Crippen molar-refractivity contribution in [2.24, 2.45) is 0 Å². The molecule has 2 aliphatic heterocycles. The predicted molar refractivity (Wildman–Crippen MR) is 136 cm³/mol. The van der Waals surface area contributed by atoms with E-state index in [-0.39, 0.29) is 23.5 Å². The highest BCUT2D eigenvalue weighted by Crippen LogP contribution is 2.46. The Hall–Kier alpha value is -2.83. The zero-order chi connectivity index (χ0) is 23.5. The van der Waals surface area contributed by atoms with E-state index < -0.39 is 0 Å². The molecule has 3 atom stereocenters. The monoisotopic (exact) mass is 491 g/mol. The minimum absolute atomic E-state index is 0.110. The van der Waals surface area contributed by atoms with Crippen molar-refractivity contribution in [1.29, 1.82) is 0 Å². The van der Waals surface area contributed by atoms with Crippen LogP contribution in [0.1, 0.15) is 29.0 Å². The van der Waals surface area contributed by atoms with Crippen LogP contribution in [-0.4, -0.2) is 40.2 Å². The van der Waals surface area contributed by atoms with Crippen LogP contribution in [0.3, 0.4) is 0 Å². The minimum atomic E-state index is -0.386. The number of rotatable bonds is 5. The van der Waals surface area contributed by atoms with Gasteiger partial charge in [-0.1, -0.05) is 42.5 Å². The van der Waals surface area contributed by atoms with Gasteiger partial charge in [0.2, 0.25) is 0 Å². The van der Waals surface area contributed by atoms with Gasteiger partial charge in [0.05, 0.1) is 12.2 Å². The molecule has 0 radical (unpaired) electrons. The smallest absolute Gasteiger partial charge is 0.320 e. The fraction of sp³-hybridized carbons (Fsp3) is 0.308. The number of urea groups is 1. The van der Waals surface area contributed by atoms with Crippen LogP contribution in [-0.2, 0) is 17.7 Å². The van der Waals surface area contributed by atoms with E-state index in [9.17, 15) is 9.90 Å². The van der Waals surface area contributed by atoms with Crippen LogP contribution in [0.4, 0.5) is 10.6 Å². The second kappa shape index (κ2) is 10.2. The van der Waals surface area contributed by atoms with Crippen LogP contribution in [0.25, 0.3) is 11.1 Å². The van der Waals surface area contributed by atoms with Gasteiger partial charge in [-0.05, 0) is 47.4 Å². The first-order valence-corrected chi connectivity index (χ1v) is 13.0. The summed E-state index contributed by atoms with van der Waals surface area (Å²) in [5.74, 6) is 2.90. The van der Waals surface area contributed by atoms with Gasteiger partial charge in [-0.15, -0.1) is 29.5 Å². The van der Waals surface area contributed by atoms with Gasteiger partial charge in [-0.25, -0.2) is 9.78 Å². The van der Waals surface area contributed by atoms with Gasteiger partial charge < -0.3 is 15.2 Å². The van der Waals surface area contributed by atoms with Crippen LogP contribution >= 0.6 is 23.1 Å². The molecule has 0 saturated carbocycles. The number of terminal acetylenes is 1. The van der Waals surface area contributed by atoms with Crippen LogP contribution < -0.4 is 10.6 Å². The highest BCUT2D eigenvalue weighted by molar-refractivity contribution is 8.00. The molecule has 6 nitrogen and oxygen atoms in total. The first kappa shape index (κ1) is 22.9. The summed E-state index contributed by atoms with van der Waals surface area (Å²) < 4.78 is 5.93. The van der Waals surface area contributed by atoms with Gasteiger partial charge in [-0.2, -0.15) is 0 Å². The summed E-state index contributed by atoms with van der Waals surface area (Å²) in [5.41, 5.74) is 4.64. The maximum Gasteiger partial charge on any atom is 0.320 e. The lowest BCUT2D eigenvalue weighted by molar-refractivity contribution is -0.0730. The minimum Gasteiger partial charge on any atom is -0.390 e. The Morgan fingerprint density at radius 1 is 1.26 bits per heavy atom. The molecular weight excluding hydrogens is 466 g/mol. The Bertz CT molecular complexity index is 1220. The highest BCUT2D eigenvalue weighted by Gasteiger charge is 2.37. The summed E-state index contributed by atoms with van der Waals surface area (Å²) in [4.78, 5) is 17.5. The van der Waals surface area contributed by atoms with Crippen molar-refractivity contribution in [2.45, 2.75) is 48.2 Å². The van der Waals surface area contributed by atoms with Crippen molar-refractivity contribution in [3.63, 3.8) is 0 Å².